The van der Waals surface area contributed by atoms with E-state index in [1.807, 2.05) is 18.2 Å². The number of nitrogens with one attached hydrogen (secondary N) is 1. The van der Waals surface area contributed by atoms with Crippen LogP contribution in [-0.2, 0) is 6.42 Å². The first kappa shape index (κ1) is 13.2. The number of aryl methyl sites for hydroxylation is 1. The Balaban J connectivity index is 2.04. The van der Waals surface area contributed by atoms with Crippen LogP contribution in [0.4, 0.5) is 0 Å². The number of aromatic nitrogens is 1. The number of hydrogen-bond donors (Lipinski definition) is 1. The summed E-state index contributed by atoms with van der Waals surface area (Å²) >= 11 is 12.4. The van der Waals surface area contributed by atoms with Crippen molar-refractivity contribution < 1.29 is 0 Å². The van der Waals surface area contributed by atoms with Crippen LogP contribution in [0.2, 0.25) is 10.0 Å². The second-order valence-corrected chi connectivity index (χ2v) is 6.66. The van der Waals surface area contributed by atoms with Crippen LogP contribution in [0, 0.1) is 0 Å². The van der Waals surface area contributed by atoms with E-state index in [0.29, 0.717) is 5.92 Å². The van der Waals surface area contributed by atoms with E-state index < -0.39 is 0 Å². The normalized spacial score (nSPS) is 17.4. The van der Waals surface area contributed by atoms with Crippen molar-refractivity contribution in [2.75, 3.05) is 0 Å². The van der Waals surface area contributed by atoms with Gasteiger partial charge in [-0.3, -0.25) is 0 Å². The number of halogens is 2. The molecule has 21 heavy (non-hydrogen) atoms. The van der Waals surface area contributed by atoms with Crippen molar-refractivity contribution >= 4 is 34.1 Å². The Kier molecular flexibility index (Phi) is 3.02. The highest BCUT2D eigenvalue weighted by molar-refractivity contribution is 6.35. The molecule has 0 spiro atoms. The molecule has 3 aromatic rings. The van der Waals surface area contributed by atoms with Crippen molar-refractivity contribution in [3.63, 3.8) is 0 Å². The third kappa shape index (κ3) is 1.99. The second-order valence-electron chi connectivity index (χ2n) is 5.81. The maximum atomic E-state index is 6.40. The van der Waals surface area contributed by atoms with Gasteiger partial charge in [-0.2, -0.15) is 0 Å². The average molecular weight is 316 g/mol. The molecule has 0 amide bonds. The van der Waals surface area contributed by atoms with Gasteiger partial charge in [-0.05, 0) is 53.6 Å². The summed E-state index contributed by atoms with van der Waals surface area (Å²) in [7, 11) is 0. The Labute approximate surface area is 133 Å². The van der Waals surface area contributed by atoms with E-state index in [-0.39, 0.29) is 0 Å². The van der Waals surface area contributed by atoms with Crippen LogP contribution >= 0.6 is 23.2 Å². The summed E-state index contributed by atoms with van der Waals surface area (Å²) in [6.45, 7) is 2.29. The monoisotopic (exact) mass is 315 g/mol. The molecule has 4 rings (SSSR count). The van der Waals surface area contributed by atoms with Crippen molar-refractivity contribution in [1.82, 2.24) is 4.98 Å². The highest BCUT2D eigenvalue weighted by Gasteiger charge is 2.24. The SMILES string of the molecule is CC1CCc2c(-c3ccc(Cl)cc3)[nH]c3c(Cl)ccc1c23. The lowest BCUT2D eigenvalue weighted by molar-refractivity contribution is 0.672. The minimum Gasteiger partial charge on any atom is -0.353 e. The fraction of sp³-hybridized carbons (Fsp3) is 0.222. The van der Waals surface area contributed by atoms with Gasteiger partial charge in [0.1, 0.15) is 0 Å². The Bertz CT molecular complexity index is 831. The molecular weight excluding hydrogens is 301 g/mol. The number of benzene rings is 2. The zero-order chi connectivity index (χ0) is 14.6. The number of aromatic amines is 1. The molecule has 1 aromatic heterocycles. The first-order chi connectivity index (χ1) is 10.1. The van der Waals surface area contributed by atoms with E-state index in [2.05, 4.69) is 30.1 Å². The molecule has 0 saturated carbocycles. The maximum Gasteiger partial charge on any atom is 0.0653 e. The first-order valence-electron chi connectivity index (χ1n) is 7.24. The van der Waals surface area contributed by atoms with Crippen molar-refractivity contribution in [2.24, 2.45) is 0 Å². The summed E-state index contributed by atoms with van der Waals surface area (Å²) in [6.07, 6.45) is 2.27. The molecule has 106 valence electrons. The van der Waals surface area contributed by atoms with Crippen molar-refractivity contribution in [2.45, 2.75) is 25.7 Å². The Morgan fingerprint density at radius 3 is 2.57 bits per heavy atom. The Hall–Kier alpha value is -1.44. The number of rotatable bonds is 1. The fourth-order valence-electron chi connectivity index (χ4n) is 3.41. The molecule has 0 radical (unpaired) electrons. The summed E-state index contributed by atoms with van der Waals surface area (Å²) < 4.78 is 0. The Morgan fingerprint density at radius 2 is 1.81 bits per heavy atom. The third-order valence-electron chi connectivity index (χ3n) is 4.53. The predicted octanol–water partition coefficient (Wildman–Crippen LogP) is 6.19. The predicted molar refractivity (Wildman–Crippen MR) is 90.5 cm³/mol. The van der Waals surface area contributed by atoms with Crippen molar-refractivity contribution in [3.8, 4) is 11.3 Å². The molecule has 1 N–H and O–H groups in total. The molecular formula is C18H15Cl2N. The molecule has 0 fully saturated rings. The summed E-state index contributed by atoms with van der Waals surface area (Å²) in [4.78, 5) is 3.55. The lowest BCUT2D eigenvalue weighted by Crippen LogP contribution is -2.04. The van der Waals surface area contributed by atoms with Crippen molar-refractivity contribution in [1.29, 1.82) is 0 Å². The van der Waals surface area contributed by atoms with E-state index in [9.17, 15) is 0 Å². The van der Waals surface area contributed by atoms with Crippen LogP contribution in [0.1, 0.15) is 30.4 Å². The molecule has 1 atom stereocenters. The fourth-order valence-corrected chi connectivity index (χ4v) is 3.74. The highest BCUT2D eigenvalue weighted by Crippen LogP contribution is 2.43. The van der Waals surface area contributed by atoms with Crippen molar-refractivity contribution in [3.05, 3.63) is 57.6 Å². The number of hydrogen-bond acceptors (Lipinski definition) is 0. The summed E-state index contributed by atoms with van der Waals surface area (Å²) in [6, 6.07) is 12.2. The summed E-state index contributed by atoms with van der Waals surface area (Å²) in [5.74, 6) is 0.589. The van der Waals surface area contributed by atoms with Gasteiger partial charge in [0, 0.05) is 16.1 Å². The second kappa shape index (κ2) is 4.79. The van der Waals surface area contributed by atoms with E-state index in [1.54, 1.807) is 0 Å². The topological polar surface area (TPSA) is 15.8 Å². The third-order valence-corrected chi connectivity index (χ3v) is 5.10. The standard InChI is InChI=1S/C18H15Cl2N/c1-10-2-7-14-16-13(10)8-9-15(20)18(16)21-17(14)11-3-5-12(19)6-4-11/h3-6,8-10,21H,2,7H2,1H3. The van der Waals surface area contributed by atoms with Gasteiger partial charge in [0.25, 0.3) is 0 Å². The van der Waals surface area contributed by atoms with Gasteiger partial charge >= 0.3 is 0 Å². The van der Waals surface area contributed by atoms with E-state index in [1.165, 1.54) is 34.2 Å². The molecule has 3 heteroatoms. The largest absolute Gasteiger partial charge is 0.353 e. The van der Waals surface area contributed by atoms with Crippen LogP contribution in [0.3, 0.4) is 0 Å². The van der Waals surface area contributed by atoms with Crippen LogP contribution < -0.4 is 0 Å². The van der Waals surface area contributed by atoms with Gasteiger partial charge in [-0.15, -0.1) is 0 Å². The van der Waals surface area contributed by atoms with E-state index >= 15 is 0 Å². The quantitative estimate of drug-likeness (QED) is 0.551. The molecule has 0 saturated heterocycles. The molecule has 0 bridgehead atoms. The van der Waals surface area contributed by atoms with Gasteiger partial charge in [-0.1, -0.05) is 48.3 Å². The van der Waals surface area contributed by atoms with E-state index in [0.717, 1.165) is 22.0 Å². The molecule has 1 nitrogen and oxygen atoms in total. The van der Waals surface area contributed by atoms with Gasteiger partial charge in [-0.25, -0.2) is 0 Å². The smallest absolute Gasteiger partial charge is 0.0653 e. The molecule has 0 aliphatic heterocycles. The molecule has 1 heterocycles. The van der Waals surface area contributed by atoms with Crippen LogP contribution in [-0.4, -0.2) is 4.98 Å². The first-order valence-corrected chi connectivity index (χ1v) is 7.99. The minimum atomic E-state index is 0.589. The Morgan fingerprint density at radius 1 is 1.05 bits per heavy atom. The maximum absolute atomic E-state index is 6.40. The van der Waals surface area contributed by atoms with E-state index in [4.69, 9.17) is 23.2 Å². The van der Waals surface area contributed by atoms with Crippen LogP contribution in [0.25, 0.3) is 22.2 Å². The molecule has 2 aromatic carbocycles. The lowest BCUT2D eigenvalue weighted by atomic mass is 9.83. The van der Waals surface area contributed by atoms with Crippen LogP contribution in [0.15, 0.2) is 36.4 Å². The summed E-state index contributed by atoms with van der Waals surface area (Å²) in [5, 5.41) is 2.88. The van der Waals surface area contributed by atoms with Gasteiger partial charge in [0.05, 0.1) is 10.5 Å². The average Bonchev–Trinajstić information content (AvgIpc) is 2.87. The van der Waals surface area contributed by atoms with Crippen LogP contribution in [0.5, 0.6) is 0 Å². The molecule has 1 aliphatic carbocycles. The highest BCUT2D eigenvalue weighted by atomic mass is 35.5. The zero-order valence-corrected chi connectivity index (χ0v) is 13.2. The number of H-pyrrole nitrogens is 1. The zero-order valence-electron chi connectivity index (χ0n) is 11.7. The van der Waals surface area contributed by atoms with Gasteiger partial charge in [0.2, 0.25) is 0 Å². The minimum absolute atomic E-state index is 0.589. The van der Waals surface area contributed by atoms with Gasteiger partial charge in [0.15, 0.2) is 0 Å². The summed E-state index contributed by atoms with van der Waals surface area (Å²) in [5.41, 5.74) is 6.22. The lowest BCUT2D eigenvalue weighted by Gasteiger charge is -2.20. The molecule has 1 unspecified atom stereocenters. The molecule has 1 aliphatic rings. The van der Waals surface area contributed by atoms with Gasteiger partial charge < -0.3 is 4.98 Å².